The molecule has 0 heterocycles. The highest BCUT2D eigenvalue weighted by atomic mass is 16.5. The second-order valence-electron chi connectivity index (χ2n) is 8.30. The number of benzene rings is 3. The highest BCUT2D eigenvalue weighted by molar-refractivity contribution is 5.95. The predicted molar refractivity (Wildman–Crippen MR) is 140 cm³/mol. The van der Waals surface area contributed by atoms with E-state index in [0.717, 1.165) is 41.7 Å². The van der Waals surface area contributed by atoms with Crippen LogP contribution in [-0.2, 0) is 4.79 Å². The van der Waals surface area contributed by atoms with Gasteiger partial charge >= 0.3 is 0 Å². The number of rotatable bonds is 11. The summed E-state index contributed by atoms with van der Waals surface area (Å²) >= 11 is 0. The molecular weight excluding hydrogens is 442 g/mol. The summed E-state index contributed by atoms with van der Waals surface area (Å²) in [5.74, 6) is 1.26. The summed E-state index contributed by atoms with van der Waals surface area (Å²) in [5, 5.41) is 5.79. The van der Waals surface area contributed by atoms with Crippen LogP contribution in [0.2, 0.25) is 0 Å². The van der Waals surface area contributed by atoms with Crippen molar-refractivity contribution < 1.29 is 19.1 Å². The monoisotopic (exact) mass is 475 g/mol. The average Bonchev–Trinajstić information content (AvgIpc) is 2.87. The molecule has 0 bridgehead atoms. The number of methoxy groups -OCH3 is 2. The third-order valence-electron chi connectivity index (χ3n) is 5.79. The SMILES string of the molecule is COc1ccc(-c2ccc(C(=O)NCCCCCC(=O)Nc3ccccc3N)cc2C)c(OC)c1. The van der Waals surface area contributed by atoms with Crippen LogP contribution in [0, 0.1) is 6.92 Å². The molecule has 7 nitrogen and oxygen atoms in total. The van der Waals surface area contributed by atoms with E-state index in [1.165, 1.54) is 0 Å². The summed E-state index contributed by atoms with van der Waals surface area (Å²) in [5.41, 5.74) is 10.6. The number of unbranched alkanes of at least 4 members (excludes halogenated alkanes) is 2. The number of amides is 2. The van der Waals surface area contributed by atoms with Crippen LogP contribution in [0.4, 0.5) is 11.4 Å². The molecule has 0 aliphatic rings. The molecule has 0 fully saturated rings. The predicted octanol–water partition coefficient (Wildman–Crippen LogP) is 5.19. The second kappa shape index (κ2) is 12.5. The van der Waals surface area contributed by atoms with Crippen molar-refractivity contribution in [2.45, 2.75) is 32.6 Å². The molecule has 0 radical (unpaired) electrons. The third-order valence-corrected chi connectivity index (χ3v) is 5.79. The first-order chi connectivity index (χ1) is 16.9. The van der Waals surface area contributed by atoms with Gasteiger partial charge < -0.3 is 25.8 Å². The van der Waals surface area contributed by atoms with Gasteiger partial charge in [-0.25, -0.2) is 0 Å². The normalized spacial score (nSPS) is 10.5. The second-order valence-corrected chi connectivity index (χ2v) is 8.30. The van der Waals surface area contributed by atoms with E-state index in [9.17, 15) is 9.59 Å². The molecule has 2 amide bonds. The number of nitrogen functional groups attached to an aromatic ring is 1. The van der Waals surface area contributed by atoms with Gasteiger partial charge in [-0.2, -0.15) is 0 Å². The van der Waals surface area contributed by atoms with Gasteiger partial charge in [-0.05, 0) is 67.3 Å². The van der Waals surface area contributed by atoms with Gasteiger partial charge in [-0.3, -0.25) is 9.59 Å². The van der Waals surface area contributed by atoms with Crippen LogP contribution in [0.5, 0.6) is 11.5 Å². The van der Waals surface area contributed by atoms with Gasteiger partial charge in [0.2, 0.25) is 5.91 Å². The first-order valence-corrected chi connectivity index (χ1v) is 11.7. The molecule has 35 heavy (non-hydrogen) atoms. The lowest BCUT2D eigenvalue weighted by Crippen LogP contribution is -2.24. The van der Waals surface area contributed by atoms with E-state index in [-0.39, 0.29) is 11.8 Å². The Morgan fingerprint density at radius 1 is 0.886 bits per heavy atom. The van der Waals surface area contributed by atoms with E-state index < -0.39 is 0 Å². The summed E-state index contributed by atoms with van der Waals surface area (Å²) < 4.78 is 10.8. The molecule has 3 rings (SSSR count). The molecule has 0 aliphatic heterocycles. The lowest BCUT2D eigenvalue weighted by Gasteiger charge is -2.14. The zero-order chi connectivity index (χ0) is 25.2. The Hall–Kier alpha value is -4.00. The molecule has 0 atom stereocenters. The molecule has 0 spiro atoms. The Labute approximate surface area is 206 Å². The van der Waals surface area contributed by atoms with E-state index in [2.05, 4.69) is 10.6 Å². The highest BCUT2D eigenvalue weighted by Gasteiger charge is 2.13. The van der Waals surface area contributed by atoms with Crippen LogP contribution >= 0.6 is 0 Å². The van der Waals surface area contributed by atoms with Crippen molar-refractivity contribution in [2.75, 3.05) is 31.8 Å². The Balaban J connectivity index is 1.45. The Bertz CT molecular complexity index is 1180. The van der Waals surface area contributed by atoms with E-state index in [0.29, 0.717) is 35.7 Å². The maximum Gasteiger partial charge on any atom is 0.251 e. The number of carbonyl (C=O) groups excluding carboxylic acids is 2. The van der Waals surface area contributed by atoms with Gasteiger partial charge in [0.15, 0.2) is 0 Å². The summed E-state index contributed by atoms with van der Waals surface area (Å²) in [4.78, 5) is 24.7. The van der Waals surface area contributed by atoms with Crippen molar-refractivity contribution in [1.82, 2.24) is 5.32 Å². The van der Waals surface area contributed by atoms with Gasteiger partial charge in [0.1, 0.15) is 11.5 Å². The van der Waals surface area contributed by atoms with E-state index >= 15 is 0 Å². The Morgan fingerprint density at radius 3 is 2.37 bits per heavy atom. The Morgan fingerprint density at radius 2 is 1.66 bits per heavy atom. The molecule has 3 aromatic rings. The molecule has 0 aromatic heterocycles. The van der Waals surface area contributed by atoms with Crippen LogP contribution in [0.15, 0.2) is 60.7 Å². The molecule has 3 aromatic carbocycles. The molecular formula is C28H33N3O4. The number of para-hydroxylation sites is 2. The van der Waals surface area contributed by atoms with Crippen molar-refractivity contribution >= 4 is 23.2 Å². The fourth-order valence-electron chi connectivity index (χ4n) is 3.84. The minimum atomic E-state index is -0.112. The number of ether oxygens (including phenoxy) is 2. The number of hydrogen-bond acceptors (Lipinski definition) is 5. The maximum absolute atomic E-state index is 12.6. The lowest BCUT2D eigenvalue weighted by atomic mass is 9.97. The minimum absolute atomic E-state index is 0.0593. The quantitative estimate of drug-likeness (QED) is 0.262. The summed E-state index contributed by atoms with van der Waals surface area (Å²) in [7, 11) is 3.24. The minimum Gasteiger partial charge on any atom is -0.497 e. The zero-order valence-corrected chi connectivity index (χ0v) is 20.5. The van der Waals surface area contributed by atoms with Crippen LogP contribution in [0.3, 0.4) is 0 Å². The van der Waals surface area contributed by atoms with Crippen LogP contribution in [0.1, 0.15) is 41.6 Å². The first kappa shape index (κ1) is 25.6. The van der Waals surface area contributed by atoms with Crippen molar-refractivity contribution in [3.05, 3.63) is 71.8 Å². The number of nitrogens with one attached hydrogen (secondary N) is 2. The van der Waals surface area contributed by atoms with Crippen molar-refractivity contribution in [2.24, 2.45) is 0 Å². The van der Waals surface area contributed by atoms with Gasteiger partial charge in [-0.1, -0.05) is 24.6 Å². The van der Waals surface area contributed by atoms with Gasteiger partial charge in [0, 0.05) is 30.2 Å². The molecule has 0 aliphatic carbocycles. The number of aryl methyl sites for hydroxylation is 1. The summed E-state index contributed by atoms with van der Waals surface area (Å²) in [6, 6.07) is 18.5. The van der Waals surface area contributed by atoms with Gasteiger partial charge in [-0.15, -0.1) is 0 Å². The first-order valence-electron chi connectivity index (χ1n) is 11.7. The largest absolute Gasteiger partial charge is 0.497 e. The molecule has 4 N–H and O–H groups in total. The number of hydrogen-bond donors (Lipinski definition) is 3. The summed E-state index contributed by atoms with van der Waals surface area (Å²) in [6.07, 6.45) is 2.80. The molecule has 184 valence electrons. The van der Waals surface area contributed by atoms with E-state index in [4.69, 9.17) is 15.2 Å². The van der Waals surface area contributed by atoms with Crippen LogP contribution < -0.4 is 25.8 Å². The number of carbonyl (C=O) groups is 2. The number of anilines is 2. The Kier molecular flexibility index (Phi) is 9.12. The molecule has 0 unspecified atom stereocenters. The number of nitrogens with two attached hydrogens (primary N) is 1. The lowest BCUT2D eigenvalue weighted by molar-refractivity contribution is -0.116. The summed E-state index contributed by atoms with van der Waals surface area (Å²) in [6.45, 7) is 2.53. The topological polar surface area (TPSA) is 103 Å². The molecule has 0 saturated carbocycles. The highest BCUT2D eigenvalue weighted by Crippen LogP contribution is 2.35. The maximum atomic E-state index is 12.6. The molecule has 7 heteroatoms. The standard InChI is InChI=1S/C28H33N3O4/c1-19-17-20(12-14-22(19)23-15-13-21(34-2)18-26(23)35-3)28(33)30-16-8-4-5-11-27(32)31-25-10-7-6-9-24(25)29/h6-7,9-10,12-15,17-18H,4-5,8,11,16,29H2,1-3H3,(H,30,33)(H,31,32). The van der Waals surface area contributed by atoms with Crippen molar-refractivity contribution in [3.63, 3.8) is 0 Å². The van der Waals surface area contributed by atoms with Crippen molar-refractivity contribution in [3.8, 4) is 22.6 Å². The fraction of sp³-hybridized carbons (Fsp3) is 0.286. The average molecular weight is 476 g/mol. The fourth-order valence-corrected chi connectivity index (χ4v) is 3.84. The van der Waals surface area contributed by atoms with Crippen LogP contribution in [-0.4, -0.2) is 32.6 Å². The smallest absolute Gasteiger partial charge is 0.251 e. The van der Waals surface area contributed by atoms with Crippen LogP contribution in [0.25, 0.3) is 11.1 Å². The zero-order valence-electron chi connectivity index (χ0n) is 20.5. The van der Waals surface area contributed by atoms with Gasteiger partial charge in [0.25, 0.3) is 5.91 Å². The van der Waals surface area contributed by atoms with E-state index in [1.807, 2.05) is 55.5 Å². The van der Waals surface area contributed by atoms with Crippen molar-refractivity contribution in [1.29, 1.82) is 0 Å². The van der Waals surface area contributed by atoms with E-state index in [1.54, 1.807) is 26.4 Å². The molecule has 0 saturated heterocycles. The van der Waals surface area contributed by atoms with Gasteiger partial charge in [0.05, 0.1) is 25.6 Å². The third kappa shape index (κ3) is 6.99.